The average molecular weight is 298 g/mol. The highest BCUT2D eigenvalue weighted by Crippen LogP contribution is 2.23. The van der Waals surface area contributed by atoms with Crippen LogP contribution in [0.4, 0.5) is 5.69 Å². The molecule has 1 heterocycles. The first-order chi connectivity index (χ1) is 10.1. The predicted molar refractivity (Wildman–Crippen MR) is 68.3 cm³/mol. The summed E-state index contributed by atoms with van der Waals surface area (Å²) in [5.41, 5.74) is -1.14. The molecule has 1 saturated carbocycles. The highest BCUT2D eigenvalue weighted by Gasteiger charge is 2.35. The van der Waals surface area contributed by atoms with Gasteiger partial charge in [0.2, 0.25) is 11.4 Å². The summed E-state index contributed by atoms with van der Waals surface area (Å²) < 4.78 is 11.2. The molecule has 0 bridgehead atoms. The average Bonchev–Trinajstić information content (AvgIpc) is 2.79. The van der Waals surface area contributed by atoms with E-state index in [4.69, 9.17) is 4.74 Å². The smallest absolute Gasteiger partial charge is 0.406 e. The molecule has 2 rings (SSSR count). The molecule has 0 spiro atoms. The number of hydrogen-bond acceptors (Lipinski definition) is 6. The minimum Gasteiger partial charge on any atom is -0.473 e. The van der Waals surface area contributed by atoms with Crippen LogP contribution in [0.5, 0.6) is 0 Å². The summed E-state index contributed by atoms with van der Waals surface area (Å²) in [5.74, 6) is -2.22. The second kappa shape index (κ2) is 6.44. The molecular weight excluding hydrogens is 282 g/mol. The molecule has 9 heteroatoms. The molecule has 0 saturated heterocycles. The number of carbonyl (C=O) groups is 2. The molecule has 0 aromatic carbocycles. The van der Waals surface area contributed by atoms with Crippen molar-refractivity contribution >= 4 is 17.6 Å². The molecule has 1 aliphatic carbocycles. The molecule has 1 aromatic heterocycles. The first kappa shape index (κ1) is 15.1. The van der Waals surface area contributed by atoms with Crippen LogP contribution in [0.25, 0.3) is 0 Å². The van der Waals surface area contributed by atoms with E-state index >= 15 is 0 Å². The van der Waals surface area contributed by atoms with Gasteiger partial charge in [-0.15, -0.1) is 4.91 Å². The Hall–Kier alpha value is -2.29. The number of carboxylic acids is 1. The fourth-order valence-electron chi connectivity index (χ4n) is 2.06. The highest BCUT2D eigenvalue weighted by atomic mass is 16.5. The zero-order chi connectivity index (χ0) is 15.4. The second-order valence-electron chi connectivity index (χ2n) is 4.65. The van der Waals surface area contributed by atoms with Crippen LogP contribution in [-0.4, -0.2) is 42.0 Å². The number of rotatable bonds is 7. The maximum atomic E-state index is 11.5. The molecule has 1 aliphatic rings. The highest BCUT2D eigenvalue weighted by molar-refractivity contribution is 5.99. The SMILES string of the molecule is COC(=O)c1[nH][n+](CCOC2CCC2)c(C(=O)O)c1N=O. The number of nitrogens with zero attached hydrogens (tertiary/aromatic N) is 2. The zero-order valence-electron chi connectivity index (χ0n) is 11.5. The molecule has 21 heavy (non-hydrogen) atoms. The number of nitroso groups, excluding NO2 is 1. The predicted octanol–water partition coefficient (Wildman–Crippen LogP) is 0.754. The number of carbonyl (C=O) groups excluding carboxylic acids is 1. The largest absolute Gasteiger partial charge is 0.473 e. The van der Waals surface area contributed by atoms with Crippen LogP contribution in [-0.2, 0) is 16.0 Å². The third-order valence-electron chi connectivity index (χ3n) is 3.38. The summed E-state index contributed by atoms with van der Waals surface area (Å²) in [6.07, 6.45) is 3.33. The summed E-state index contributed by atoms with van der Waals surface area (Å²) in [7, 11) is 1.13. The lowest BCUT2D eigenvalue weighted by molar-refractivity contribution is -0.753. The number of aromatic nitrogens is 2. The Morgan fingerprint density at radius 2 is 2.19 bits per heavy atom. The van der Waals surface area contributed by atoms with Crippen molar-refractivity contribution in [1.29, 1.82) is 0 Å². The molecule has 0 aliphatic heterocycles. The number of ether oxygens (including phenoxy) is 2. The summed E-state index contributed by atoms with van der Waals surface area (Å²) in [5, 5.41) is 14.3. The molecule has 114 valence electrons. The van der Waals surface area contributed by atoms with Crippen molar-refractivity contribution < 1.29 is 28.9 Å². The van der Waals surface area contributed by atoms with Gasteiger partial charge < -0.3 is 14.6 Å². The number of esters is 1. The van der Waals surface area contributed by atoms with E-state index in [1.54, 1.807) is 0 Å². The molecule has 0 unspecified atom stereocenters. The van der Waals surface area contributed by atoms with E-state index in [0.717, 1.165) is 31.1 Å². The van der Waals surface area contributed by atoms with Crippen LogP contribution >= 0.6 is 0 Å². The Labute approximate surface area is 119 Å². The summed E-state index contributed by atoms with van der Waals surface area (Å²) in [4.78, 5) is 33.6. The quantitative estimate of drug-likeness (QED) is 0.435. The molecule has 2 N–H and O–H groups in total. The maximum absolute atomic E-state index is 11.5. The van der Waals surface area contributed by atoms with Gasteiger partial charge in [-0.3, -0.25) is 0 Å². The van der Waals surface area contributed by atoms with Crippen LogP contribution in [0.3, 0.4) is 0 Å². The van der Waals surface area contributed by atoms with Gasteiger partial charge in [-0.05, 0) is 24.4 Å². The Morgan fingerprint density at radius 3 is 2.67 bits per heavy atom. The molecule has 1 fully saturated rings. The summed E-state index contributed by atoms with van der Waals surface area (Å²) in [6.45, 7) is 0.437. The molecule has 1 aromatic rings. The van der Waals surface area contributed by atoms with Crippen LogP contribution in [0.15, 0.2) is 5.18 Å². The van der Waals surface area contributed by atoms with Crippen molar-refractivity contribution in [3.8, 4) is 0 Å². The first-order valence-corrected chi connectivity index (χ1v) is 6.50. The van der Waals surface area contributed by atoms with Gasteiger partial charge >= 0.3 is 17.6 Å². The van der Waals surface area contributed by atoms with E-state index in [0.29, 0.717) is 0 Å². The lowest BCUT2D eigenvalue weighted by Gasteiger charge is -2.24. The van der Waals surface area contributed by atoms with Gasteiger partial charge in [0.05, 0.1) is 13.2 Å². The first-order valence-electron chi connectivity index (χ1n) is 6.50. The van der Waals surface area contributed by atoms with Gasteiger partial charge in [-0.25, -0.2) is 9.59 Å². The van der Waals surface area contributed by atoms with Gasteiger partial charge in [-0.2, -0.15) is 5.10 Å². The Balaban J connectivity index is 2.21. The minimum absolute atomic E-state index is 0.164. The molecule has 0 radical (unpaired) electrons. The standard InChI is InChI=1S/C12H15N3O6/c1-20-12(18)9-8(14-19)10(11(16)17)15(13-9)5-6-21-7-3-2-4-7/h7H,2-6H2,1H3,(H,16,17)/p+1. The van der Waals surface area contributed by atoms with Crippen molar-refractivity contribution in [2.75, 3.05) is 13.7 Å². The van der Waals surface area contributed by atoms with Gasteiger partial charge in [0.1, 0.15) is 6.61 Å². The lowest BCUT2D eigenvalue weighted by atomic mass is 9.96. The fraction of sp³-hybridized carbons (Fsp3) is 0.583. The number of aromatic carboxylic acids is 1. The summed E-state index contributed by atoms with van der Waals surface area (Å²) in [6, 6.07) is 0. The van der Waals surface area contributed by atoms with Crippen LogP contribution in [0, 0.1) is 4.91 Å². The molecule has 0 amide bonds. The van der Waals surface area contributed by atoms with E-state index in [9.17, 15) is 19.6 Å². The lowest BCUT2D eigenvalue weighted by Crippen LogP contribution is -2.44. The van der Waals surface area contributed by atoms with E-state index in [1.165, 1.54) is 0 Å². The number of methoxy groups -OCH3 is 1. The monoisotopic (exact) mass is 298 g/mol. The van der Waals surface area contributed by atoms with Gasteiger partial charge in [0.15, 0.2) is 6.54 Å². The van der Waals surface area contributed by atoms with Crippen molar-refractivity contribution in [3.63, 3.8) is 0 Å². The Kier molecular flexibility index (Phi) is 4.63. The van der Waals surface area contributed by atoms with E-state index in [2.05, 4.69) is 15.0 Å². The third-order valence-corrected chi connectivity index (χ3v) is 3.38. The minimum atomic E-state index is -1.36. The molecule has 9 nitrogen and oxygen atoms in total. The Morgan fingerprint density at radius 1 is 1.48 bits per heavy atom. The molecule has 0 atom stereocenters. The number of H-pyrrole nitrogens is 1. The van der Waals surface area contributed by atoms with Crippen LogP contribution in [0.1, 0.15) is 40.2 Å². The van der Waals surface area contributed by atoms with E-state index in [1.807, 2.05) is 0 Å². The van der Waals surface area contributed by atoms with Gasteiger partial charge in [-0.1, -0.05) is 4.68 Å². The fourth-order valence-corrected chi connectivity index (χ4v) is 2.06. The van der Waals surface area contributed by atoms with Gasteiger partial charge in [0, 0.05) is 0 Å². The number of aromatic amines is 1. The third kappa shape index (κ3) is 3.07. The van der Waals surface area contributed by atoms with E-state index in [-0.39, 0.29) is 30.6 Å². The van der Waals surface area contributed by atoms with Gasteiger partial charge in [0.25, 0.3) is 0 Å². The maximum Gasteiger partial charge on any atom is 0.406 e. The van der Waals surface area contributed by atoms with E-state index < -0.39 is 17.6 Å². The normalized spacial score (nSPS) is 14.5. The van der Waals surface area contributed by atoms with Crippen molar-refractivity contribution in [3.05, 3.63) is 16.3 Å². The van der Waals surface area contributed by atoms with Crippen molar-refractivity contribution in [2.24, 2.45) is 5.18 Å². The number of nitrogens with one attached hydrogen (secondary N) is 1. The second-order valence-corrected chi connectivity index (χ2v) is 4.65. The Bertz CT molecular complexity index is 564. The van der Waals surface area contributed by atoms with Crippen molar-refractivity contribution in [2.45, 2.75) is 31.9 Å². The number of carboxylic acid groups (broad SMARTS) is 1. The summed E-state index contributed by atoms with van der Waals surface area (Å²) >= 11 is 0. The number of hydrogen-bond donors (Lipinski definition) is 2. The van der Waals surface area contributed by atoms with Crippen molar-refractivity contribution in [1.82, 2.24) is 5.10 Å². The zero-order valence-corrected chi connectivity index (χ0v) is 11.5. The van der Waals surface area contributed by atoms with Crippen LogP contribution in [0.2, 0.25) is 0 Å². The van der Waals surface area contributed by atoms with Crippen LogP contribution < -0.4 is 4.68 Å². The topological polar surface area (TPSA) is 122 Å². The molecular formula is C12H16N3O6+.